The van der Waals surface area contributed by atoms with Crippen LogP contribution < -0.4 is 14.2 Å². The van der Waals surface area contributed by atoms with Crippen LogP contribution in [0.1, 0.15) is 140 Å². The summed E-state index contributed by atoms with van der Waals surface area (Å²) in [5.74, 6) is 4.77. The highest BCUT2D eigenvalue weighted by molar-refractivity contribution is 5.57. The Morgan fingerprint density at radius 1 is 0.288 bits per heavy atom. The van der Waals surface area contributed by atoms with E-state index in [1.54, 1.807) is 21.3 Å². The lowest BCUT2D eigenvalue weighted by molar-refractivity contribution is 0.146. The van der Waals surface area contributed by atoms with Crippen molar-refractivity contribution in [1.29, 1.82) is 0 Å². The van der Waals surface area contributed by atoms with Gasteiger partial charge >= 0.3 is 0 Å². The first-order valence-electron chi connectivity index (χ1n) is 27.1. The van der Waals surface area contributed by atoms with Crippen molar-refractivity contribution in [1.82, 2.24) is 29.9 Å². The first kappa shape index (κ1) is 59.7. The maximum atomic E-state index is 5.58. The highest BCUT2D eigenvalue weighted by Gasteiger charge is 2.06. The number of ether oxygens (including phenoxy) is 6. The zero-order chi connectivity index (χ0) is 51.8. The minimum absolute atomic E-state index is 0.555. The largest absolute Gasteiger partial charge is 0.491 e. The molecule has 396 valence electrons. The fourth-order valence-electron chi connectivity index (χ4n) is 7.70. The lowest BCUT2D eigenvalue weighted by atomic mass is 10.1. The average Bonchev–Trinajstić information content (AvgIpc) is 3.43. The molecule has 0 radical (unpaired) electrons. The average molecular weight is 999 g/mol. The molecule has 12 heteroatoms. The minimum atomic E-state index is 0.555. The quantitative estimate of drug-likeness (QED) is 0.0356. The van der Waals surface area contributed by atoms with E-state index in [1.165, 1.54) is 119 Å². The maximum absolute atomic E-state index is 5.58. The molecule has 73 heavy (non-hydrogen) atoms. The second kappa shape index (κ2) is 38.8. The number of aromatic nitrogens is 6. The van der Waals surface area contributed by atoms with Crippen molar-refractivity contribution in [3.8, 4) is 51.4 Å². The van der Waals surface area contributed by atoms with E-state index < -0.39 is 0 Å². The molecule has 0 amide bonds. The fraction of sp³-hybridized carbons (Fsp3) is 0.508. The third-order valence-electron chi connectivity index (χ3n) is 12.1. The Morgan fingerprint density at radius 3 is 0.767 bits per heavy atom. The highest BCUT2D eigenvalue weighted by atomic mass is 16.5. The molecule has 0 fully saturated rings. The summed E-state index contributed by atoms with van der Waals surface area (Å²) in [4.78, 5) is 27.0. The summed E-state index contributed by atoms with van der Waals surface area (Å²) >= 11 is 0. The number of methoxy groups -OCH3 is 3. The first-order chi connectivity index (χ1) is 36.0. The van der Waals surface area contributed by atoms with Gasteiger partial charge in [-0.05, 0) is 128 Å². The number of aryl methyl sites for hydroxylation is 3. The van der Waals surface area contributed by atoms with Crippen LogP contribution in [0.25, 0.3) is 34.2 Å². The Kier molecular flexibility index (Phi) is 31.7. The Morgan fingerprint density at radius 2 is 0.521 bits per heavy atom. The van der Waals surface area contributed by atoms with Crippen LogP contribution in [0, 0.1) is 0 Å². The zero-order valence-electron chi connectivity index (χ0n) is 45.2. The van der Waals surface area contributed by atoms with Gasteiger partial charge in [-0.25, -0.2) is 29.9 Å². The van der Waals surface area contributed by atoms with Crippen LogP contribution >= 0.6 is 0 Å². The van der Waals surface area contributed by atoms with Crippen LogP contribution in [0.5, 0.6) is 17.2 Å². The van der Waals surface area contributed by atoms with E-state index >= 15 is 0 Å². The van der Waals surface area contributed by atoms with Gasteiger partial charge in [0.15, 0.2) is 17.5 Å². The lowest BCUT2D eigenvalue weighted by Crippen LogP contribution is -2.04. The summed E-state index contributed by atoms with van der Waals surface area (Å²) in [6, 6.07) is 23.6. The molecule has 0 aliphatic rings. The van der Waals surface area contributed by atoms with Gasteiger partial charge in [-0.2, -0.15) is 0 Å². The molecule has 0 N–H and O–H groups in total. The van der Waals surface area contributed by atoms with Gasteiger partial charge in [0.25, 0.3) is 0 Å². The molecule has 12 nitrogen and oxygen atoms in total. The smallest absolute Gasteiger partial charge is 0.159 e. The SMILES string of the molecule is CCCCCCCCCc1cnc(-c2ccc(OCCOC)cc2)nc1.CCCCCCCc1cnc(-c2ccc(OCCOC)cc2)nc1.CCCCCCc1cnc(-c2ccc(OCCOC)cc2)nc1. The second-order valence-corrected chi connectivity index (χ2v) is 18.2. The zero-order valence-corrected chi connectivity index (χ0v) is 45.2. The molecule has 0 unspecified atom stereocenters. The summed E-state index contributed by atoms with van der Waals surface area (Å²) in [6.07, 6.45) is 35.7. The summed E-state index contributed by atoms with van der Waals surface area (Å²) in [5, 5.41) is 0. The predicted molar refractivity (Wildman–Crippen MR) is 297 cm³/mol. The Hall–Kier alpha value is -5.82. The Labute approximate surface area is 438 Å². The number of benzene rings is 3. The van der Waals surface area contributed by atoms with E-state index in [0.29, 0.717) is 39.6 Å². The highest BCUT2D eigenvalue weighted by Crippen LogP contribution is 2.23. The summed E-state index contributed by atoms with van der Waals surface area (Å²) in [5.41, 5.74) is 6.66. The van der Waals surface area contributed by atoms with Crippen molar-refractivity contribution in [3.05, 3.63) is 127 Å². The summed E-state index contributed by atoms with van der Waals surface area (Å²) in [6.45, 7) is 10.2. The van der Waals surface area contributed by atoms with E-state index in [-0.39, 0.29) is 0 Å². The van der Waals surface area contributed by atoms with Gasteiger partial charge in [-0.1, -0.05) is 104 Å². The van der Waals surface area contributed by atoms with E-state index in [0.717, 1.165) is 70.7 Å². The molecule has 0 spiro atoms. The molecule has 6 rings (SSSR count). The van der Waals surface area contributed by atoms with E-state index in [9.17, 15) is 0 Å². The van der Waals surface area contributed by atoms with Crippen LogP contribution in [0.2, 0.25) is 0 Å². The third-order valence-corrected chi connectivity index (χ3v) is 12.1. The molecule has 0 aliphatic heterocycles. The molecule has 3 aromatic carbocycles. The van der Waals surface area contributed by atoms with E-state index in [4.69, 9.17) is 28.4 Å². The number of unbranched alkanes of at least 4 members (excludes halogenated alkanes) is 13. The van der Waals surface area contributed by atoms with Gasteiger partial charge in [0.2, 0.25) is 0 Å². The first-order valence-corrected chi connectivity index (χ1v) is 27.1. The fourth-order valence-corrected chi connectivity index (χ4v) is 7.70. The molecule has 0 aliphatic carbocycles. The summed E-state index contributed by atoms with van der Waals surface area (Å²) in [7, 11) is 5.00. The van der Waals surface area contributed by atoms with Crippen molar-refractivity contribution in [2.45, 2.75) is 143 Å². The Bertz CT molecular complexity index is 2230. The molecular formula is C61H86N6O6. The predicted octanol–water partition coefficient (Wildman–Crippen LogP) is 14.4. The Balaban J connectivity index is 0.000000238. The molecule has 0 atom stereocenters. The molecule has 0 saturated carbocycles. The number of rotatable bonds is 34. The van der Waals surface area contributed by atoms with Gasteiger partial charge < -0.3 is 28.4 Å². The van der Waals surface area contributed by atoms with E-state index in [1.807, 2.05) is 110 Å². The molecule has 0 saturated heterocycles. The third kappa shape index (κ3) is 25.6. The van der Waals surface area contributed by atoms with Crippen molar-refractivity contribution < 1.29 is 28.4 Å². The number of nitrogens with zero attached hydrogens (tertiary/aromatic N) is 6. The summed E-state index contributed by atoms with van der Waals surface area (Å²) < 4.78 is 31.6. The van der Waals surface area contributed by atoms with Crippen molar-refractivity contribution in [3.63, 3.8) is 0 Å². The van der Waals surface area contributed by atoms with Gasteiger partial charge in [-0.15, -0.1) is 0 Å². The van der Waals surface area contributed by atoms with E-state index in [2.05, 4.69) is 50.7 Å². The van der Waals surface area contributed by atoms with Crippen molar-refractivity contribution in [2.75, 3.05) is 61.0 Å². The van der Waals surface area contributed by atoms with Gasteiger partial charge in [-0.3, -0.25) is 0 Å². The van der Waals surface area contributed by atoms with Crippen LogP contribution in [0.15, 0.2) is 110 Å². The monoisotopic (exact) mass is 999 g/mol. The molecule has 6 aromatic rings. The van der Waals surface area contributed by atoms with Gasteiger partial charge in [0.1, 0.15) is 37.1 Å². The van der Waals surface area contributed by atoms with Gasteiger partial charge in [0, 0.05) is 75.2 Å². The van der Waals surface area contributed by atoms with Crippen LogP contribution in [-0.2, 0) is 33.5 Å². The van der Waals surface area contributed by atoms with Crippen LogP contribution in [0.3, 0.4) is 0 Å². The lowest BCUT2D eigenvalue weighted by Gasteiger charge is -2.07. The normalized spacial score (nSPS) is 10.8. The maximum Gasteiger partial charge on any atom is 0.159 e. The standard InChI is InChI=1S/C22H32N2O2.C20H28N2O2.C19H26N2O2/c1-3-4-5-6-7-8-9-10-19-17-23-22(24-18-19)20-11-13-21(14-12-20)26-16-15-25-2;1-3-4-5-6-7-8-17-15-21-20(22-16-17)18-9-11-19(12-10-18)24-14-13-23-2;1-3-4-5-6-7-16-14-20-19(21-15-16)17-8-10-18(11-9-17)23-13-12-22-2/h11-14,17-18H,3-10,15-16H2,1-2H3;9-12,15-16H,3-8,13-14H2,1-2H3;8-11,14-15H,3-7,12-13H2,1-2H3. The topological polar surface area (TPSA) is 133 Å². The van der Waals surface area contributed by atoms with Crippen LogP contribution in [0.4, 0.5) is 0 Å². The second-order valence-electron chi connectivity index (χ2n) is 18.2. The number of hydrogen-bond acceptors (Lipinski definition) is 12. The molecule has 3 aromatic heterocycles. The van der Waals surface area contributed by atoms with Gasteiger partial charge in [0.05, 0.1) is 19.8 Å². The molecule has 3 heterocycles. The minimum Gasteiger partial charge on any atom is -0.491 e. The van der Waals surface area contributed by atoms with Crippen LogP contribution in [-0.4, -0.2) is 90.9 Å². The van der Waals surface area contributed by atoms with Crippen molar-refractivity contribution in [2.24, 2.45) is 0 Å². The molecule has 0 bridgehead atoms. The number of hydrogen-bond donors (Lipinski definition) is 0. The molecular weight excluding hydrogens is 913 g/mol. The van der Waals surface area contributed by atoms with Crippen molar-refractivity contribution >= 4 is 0 Å².